The summed E-state index contributed by atoms with van der Waals surface area (Å²) in [6, 6.07) is 0.856. The predicted molar refractivity (Wildman–Crippen MR) is 54.8 cm³/mol. The lowest BCUT2D eigenvalue weighted by atomic mass is 10.3. The van der Waals surface area contributed by atoms with Crippen LogP contribution in [0.5, 0.6) is 0 Å². The summed E-state index contributed by atoms with van der Waals surface area (Å²) >= 11 is 1.78. The number of nitrogens with zero attached hydrogens (tertiary/aromatic N) is 2. The first-order valence-corrected chi connectivity index (χ1v) is 5.50. The van der Waals surface area contributed by atoms with E-state index < -0.39 is 0 Å². The van der Waals surface area contributed by atoms with Gasteiger partial charge in [0.15, 0.2) is 0 Å². The molecule has 1 heterocycles. The van der Waals surface area contributed by atoms with Gasteiger partial charge in [0.1, 0.15) is 0 Å². The fourth-order valence-electron chi connectivity index (χ4n) is 0.930. The molecule has 0 aromatic carbocycles. The fourth-order valence-corrected chi connectivity index (χ4v) is 1.65. The van der Waals surface area contributed by atoms with Gasteiger partial charge in [-0.1, -0.05) is 17.1 Å². The monoisotopic (exact) mass is 202 g/mol. The molecule has 0 saturated carbocycles. The van der Waals surface area contributed by atoms with Crippen LogP contribution in [-0.4, -0.2) is 28.2 Å². The van der Waals surface area contributed by atoms with Crippen LogP contribution in [-0.2, 0) is 0 Å². The van der Waals surface area contributed by atoms with E-state index in [1.165, 1.54) is 0 Å². The molecule has 13 heavy (non-hydrogen) atoms. The zero-order valence-electron chi connectivity index (χ0n) is 7.78. The summed E-state index contributed by atoms with van der Waals surface area (Å²) in [4.78, 5) is 0. The molecule has 1 unspecified atom stereocenters. The maximum Gasteiger partial charge on any atom is 0.317 e. The normalized spacial score (nSPS) is 12.8. The Balaban J connectivity index is 2.46. The zero-order valence-corrected chi connectivity index (χ0v) is 8.60. The number of nitrogen functional groups attached to an aromatic ring is 1. The Morgan fingerprint density at radius 3 is 2.85 bits per heavy atom. The zero-order chi connectivity index (χ0) is 9.68. The molecular formula is C7H14N4OS. The van der Waals surface area contributed by atoms with Crippen LogP contribution in [0, 0.1) is 0 Å². The van der Waals surface area contributed by atoms with E-state index in [1.807, 2.05) is 0 Å². The molecule has 0 aliphatic rings. The molecule has 6 heteroatoms. The molecule has 0 bridgehead atoms. The summed E-state index contributed by atoms with van der Waals surface area (Å²) in [7, 11) is 0. The van der Waals surface area contributed by atoms with Crippen molar-refractivity contribution in [3.8, 4) is 0 Å². The van der Waals surface area contributed by atoms with Gasteiger partial charge in [-0.3, -0.25) is 0 Å². The van der Waals surface area contributed by atoms with Gasteiger partial charge in [0, 0.05) is 11.8 Å². The molecule has 74 valence electrons. The van der Waals surface area contributed by atoms with Crippen molar-refractivity contribution in [2.45, 2.75) is 19.4 Å². The molecule has 0 spiro atoms. The average molecular weight is 202 g/mol. The number of hydrogen-bond acceptors (Lipinski definition) is 6. The third kappa shape index (κ3) is 3.14. The third-order valence-electron chi connectivity index (χ3n) is 1.63. The van der Waals surface area contributed by atoms with E-state index in [9.17, 15) is 0 Å². The summed E-state index contributed by atoms with van der Waals surface area (Å²) in [5.74, 6) is 1.01. The van der Waals surface area contributed by atoms with Gasteiger partial charge in [0.2, 0.25) is 0 Å². The molecular weight excluding hydrogens is 188 g/mol. The lowest BCUT2D eigenvalue weighted by Gasteiger charge is -2.12. The van der Waals surface area contributed by atoms with Crippen molar-refractivity contribution >= 4 is 23.8 Å². The summed E-state index contributed by atoms with van der Waals surface area (Å²) in [5.41, 5.74) is 5.28. The minimum atomic E-state index is 0.0986. The lowest BCUT2D eigenvalue weighted by molar-refractivity contribution is 0.574. The molecule has 1 aromatic heterocycles. The van der Waals surface area contributed by atoms with Crippen molar-refractivity contribution in [2.24, 2.45) is 0 Å². The first-order chi connectivity index (χ1) is 6.26. The smallest absolute Gasteiger partial charge is 0.317 e. The first kappa shape index (κ1) is 10.2. The van der Waals surface area contributed by atoms with E-state index in [4.69, 9.17) is 10.2 Å². The Morgan fingerprint density at radius 2 is 2.38 bits per heavy atom. The topological polar surface area (TPSA) is 77.0 Å². The van der Waals surface area contributed by atoms with Gasteiger partial charge in [-0.25, -0.2) is 0 Å². The SMILES string of the molecule is CCC(CSC)Nc1nnc(N)o1. The van der Waals surface area contributed by atoms with Crippen LogP contribution in [0.15, 0.2) is 4.42 Å². The average Bonchev–Trinajstić information content (AvgIpc) is 2.50. The minimum Gasteiger partial charge on any atom is -0.390 e. The van der Waals surface area contributed by atoms with Gasteiger partial charge >= 0.3 is 12.0 Å². The van der Waals surface area contributed by atoms with E-state index in [0.29, 0.717) is 12.1 Å². The Morgan fingerprint density at radius 1 is 1.62 bits per heavy atom. The number of anilines is 2. The minimum absolute atomic E-state index is 0.0986. The lowest BCUT2D eigenvalue weighted by Crippen LogP contribution is -2.21. The van der Waals surface area contributed by atoms with E-state index in [-0.39, 0.29) is 6.01 Å². The van der Waals surface area contributed by atoms with E-state index in [2.05, 4.69) is 28.7 Å². The maximum absolute atomic E-state index is 5.28. The quantitative estimate of drug-likeness (QED) is 0.747. The van der Waals surface area contributed by atoms with Gasteiger partial charge < -0.3 is 15.5 Å². The molecule has 5 nitrogen and oxygen atoms in total. The Hall–Kier alpha value is -0.910. The highest BCUT2D eigenvalue weighted by Crippen LogP contribution is 2.11. The highest BCUT2D eigenvalue weighted by atomic mass is 32.2. The second-order valence-electron chi connectivity index (χ2n) is 2.65. The summed E-state index contributed by atoms with van der Waals surface area (Å²) < 4.78 is 5.00. The summed E-state index contributed by atoms with van der Waals surface area (Å²) in [5, 5.41) is 10.4. The van der Waals surface area contributed by atoms with Crippen LogP contribution < -0.4 is 11.1 Å². The van der Waals surface area contributed by atoms with Crippen molar-refractivity contribution in [1.29, 1.82) is 0 Å². The highest BCUT2D eigenvalue weighted by Gasteiger charge is 2.09. The molecule has 0 amide bonds. The molecule has 0 fully saturated rings. The fraction of sp³-hybridized carbons (Fsp3) is 0.714. The number of aromatic nitrogens is 2. The van der Waals surface area contributed by atoms with Gasteiger partial charge in [0.25, 0.3) is 0 Å². The van der Waals surface area contributed by atoms with Crippen molar-refractivity contribution < 1.29 is 4.42 Å². The van der Waals surface area contributed by atoms with Gasteiger partial charge in [-0.05, 0) is 12.7 Å². The predicted octanol–water partition coefficient (Wildman–Crippen LogP) is 1.21. The molecule has 0 aliphatic heterocycles. The largest absolute Gasteiger partial charge is 0.390 e. The third-order valence-corrected chi connectivity index (χ3v) is 2.36. The standard InChI is InChI=1S/C7H14N4OS/c1-3-5(4-13-2)9-7-11-10-6(8)12-7/h5H,3-4H2,1-2H3,(H2,8,10)(H,9,11). The van der Waals surface area contributed by atoms with Crippen molar-refractivity contribution in [2.75, 3.05) is 23.1 Å². The number of thioether (sulfide) groups is 1. The number of rotatable bonds is 5. The molecule has 0 saturated heterocycles. The summed E-state index contributed by atoms with van der Waals surface area (Å²) in [6.07, 6.45) is 3.08. The van der Waals surface area contributed by atoms with Gasteiger partial charge in [-0.15, -0.1) is 0 Å². The summed E-state index contributed by atoms with van der Waals surface area (Å²) in [6.45, 7) is 2.10. The van der Waals surface area contributed by atoms with Gasteiger partial charge in [0.05, 0.1) is 0 Å². The Labute approximate surface area is 81.5 Å². The molecule has 0 radical (unpaired) electrons. The second kappa shape index (κ2) is 4.96. The van der Waals surface area contributed by atoms with Gasteiger partial charge in [-0.2, -0.15) is 11.8 Å². The van der Waals surface area contributed by atoms with E-state index in [0.717, 1.165) is 12.2 Å². The number of nitrogens with two attached hydrogens (primary N) is 1. The molecule has 3 N–H and O–H groups in total. The van der Waals surface area contributed by atoms with Crippen molar-refractivity contribution in [3.05, 3.63) is 0 Å². The van der Waals surface area contributed by atoms with Crippen LogP contribution in [0.4, 0.5) is 12.0 Å². The molecule has 1 atom stereocenters. The molecule has 0 aliphatic carbocycles. The van der Waals surface area contributed by atoms with E-state index in [1.54, 1.807) is 11.8 Å². The maximum atomic E-state index is 5.28. The van der Waals surface area contributed by atoms with Crippen LogP contribution in [0.25, 0.3) is 0 Å². The Kier molecular flexibility index (Phi) is 3.88. The van der Waals surface area contributed by atoms with Crippen LogP contribution >= 0.6 is 11.8 Å². The van der Waals surface area contributed by atoms with E-state index >= 15 is 0 Å². The molecule has 1 aromatic rings. The first-order valence-electron chi connectivity index (χ1n) is 4.10. The van der Waals surface area contributed by atoms with Crippen molar-refractivity contribution in [1.82, 2.24) is 10.2 Å². The van der Waals surface area contributed by atoms with Crippen LogP contribution in [0.1, 0.15) is 13.3 Å². The second-order valence-corrected chi connectivity index (χ2v) is 3.56. The van der Waals surface area contributed by atoms with Crippen molar-refractivity contribution in [3.63, 3.8) is 0 Å². The van der Waals surface area contributed by atoms with Crippen LogP contribution in [0.3, 0.4) is 0 Å². The number of nitrogens with one attached hydrogen (secondary N) is 1. The highest BCUT2D eigenvalue weighted by molar-refractivity contribution is 7.98. The van der Waals surface area contributed by atoms with Crippen LogP contribution in [0.2, 0.25) is 0 Å². The Bertz CT molecular complexity index is 252. The number of hydrogen-bond donors (Lipinski definition) is 2. The molecule has 1 rings (SSSR count).